The summed E-state index contributed by atoms with van der Waals surface area (Å²) >= 11 is 0. The van der Waals surface area contributed by atoms with Gasteiger partial charge in [0.1, 0.15) is 6.04 Å². The van der Waals surface area contributed by atoms with Gasteiger partial charge >= 0.3 is 5.97 Å². The van der Waals surface area contributed by atoms with E-state index in [1.165, 1.54) is 4.90 Å². The van der Waals surface area contributed by atoms with Crippen LogP contribution in [0.2, 0.25) is 0 Å². The predicted octanol–water partition coefficient (Wildman–Crippen LogP) is 2.60. The number of hydrogen-bond acceptors (Lipinski definition) is 3. The first-order valence-electron chi connectivity index (χ1n) is 7.78. The summed E-state index contributed by atoms with van der Waals surface area (Å²) in [4.78, 5) is 24.9. The molecule has 0 aromatic heterocycles. The molecule has 1 aliphatic rings. The number of carboxylic acids is 1. The Morgan fingerprint density at radius 3 is 2.81 bits per heavy atom. The van der Waals surface area contributed by atoms with Gasteiger partial charge in [-0.25, -0.2) is 4.79 Å². The second-order valence-corrected chi connectivity index (χ2v) is 5.63. The van der Waals surface area contributed by atoms with E-state index in [9.17, 15) is 9.59 Å². The van der Waals surface area contributed by atoms with Crippen LogP contribution in [-0.4, -0.2) is 46.7 Å². The van der Waals surface area contributed by atoms with Gasteiger partial charge < -0.3 is 14.7 Å². The van der Waals surface area contributed by atoms with Crippen LogP contribution in [0.15, 0.2) is 12.7 Å². The molecule has 1 amide bonds. The average Bonchev–Trinajstić information content (AvgIpc) is 2.93. The quantitative estimate of drug-likeness (QED) is 0.664. The number of likely N-dealkylation sites (tertiary alicyclic amines) is 1. The third kappa shape index (κ3) is 5.50. The van der Waals surface area contributed by atoms with Crippen molar-refractivity contribution < 1.29 is 19.4 Å². The molecular formula is C16H27NO4. The van der Waals surface area contributed by atoms with E-state index in [0.717, 1.165) is 25.7 Å². The minimum Gasteiger partial charge on any atom is -0.480 e. The molecule has 1 saturated heterocycles. The number of ether oxygens (including phenoxy) is 1. The number of allylic oxidation sites excluding steroid dienone is 1. The van der Waals surface area contributed by atoms with Gasteiger partial charge in [0.05, 0.1) is 18.6 Å². The molecule has 1 heterocycles. The molecule has 1 rings (SSSR count). The molecule has 3 atom stereocenters. The lowest BCUT2D eigenvalue weighted by molar-refractivity contribution is -0.149. The molecule has 1 aliphatic heterocycles. The third-order valence-electron chi connectivity index (χ3n) is 3.92. The normalized spacial score (nSPS) is 21.0. The molecule has 1 fully saturated rings. The molecule has 5 nitrogen and oxygen atoms in total. The fourth-order valence-corrected chi connectivity index (χ4v) is 2.67. The number of amides is 1. The predicted molar refractivity (Wildman–Crippen MR) is 81.0 cm³/mol. The molecule has 0 radical (unpaired) electrons. The van der Waals surface area contributed by atoms with Crippen LogP contribution in [0, 0.1) is 0 Å². The minimum atomic E-state index is -0.908. The summed E-state index contributed by atoms with van der Waals surface area (Å²) in [7, 11) is 0. The summed E-state index contributed by atoms with van der Waals surface area (Å²) in [5.41, 5.74) is 0. The van der Waals surface area contributed by atoms with Gasteiger partial charge in [0.2, 0.25) is 5.91 Å². The van der Waals surface area contributed by atoms with Crippen molar-refractivity contribution in [1.29, 1.82) is 0 Å². The zero-order valence-corrected chi connectivity index (χ0v) is 13.1. The zero-order valence-electron chi connectivity index (χ0n) is 13.1. The molecule has 21 heavy (non-hydrogen) atoms. The lowest BCUT2D eigenvalue weighted by atomic mass is 10.1. The van der Waals surface area contributed by atoms with Gasteiger partial charge in [-0.3, -0.25) is 4.79 Å². The van der Waals surface area contributed by atoms with Gasteiger partial charge in [-0.2, -0.15) is 0 Å². The number of carboxylic acid groups (broad SMARTS) is 1. The highest BCUT2D eigenvalue weighted by atomic mass is 16.5. The van der Waals surface area contributed by atoms with Crippen molar-refractivity contribution in [3.8, 4) is 0 Å². The summed E-state index contributed by atoms with van der Waals surface area (Å²) < 4.78 is 5.88. The smallest absolute Gasteiger partial charge is 0.326 e. The van der Waals surface area contributed by atoms with Crippen LogP contribution >= 0.6 is 0 Å². The molecular weight excluding hydrogens is 270 g/mol. The van der Waals surface area contributed by atoms with Crippen LogP contribution in [0.4, 0.5) is 0 Å². The van der Waals surface area contributed by atoms with Gasteiger partial charge in [-0.05, 0) is 39.0 Å². The van der Waals surface area contributed by atoms with Gasteiger partial charge in [-0.1, -0.05) is 13.0 Å². The van der Waals surface area contributed by atoms with E-state index in [1.807, 2.05) is 19.9 Å². The second-order valence-electron chi connectivity index (χ2n) is 5.63. The SMILES string of the molecule is C=CCC[C@@H](C)O[C@@H](CC)CC(=O)N1CCC[C@H]1C(=O)O. The number of carbonyl (C=O) groups is 2. The van der Waals surface area contributed by atoms with Crippen LogP contribution in [-0.2, 0) is 14.3 Å². The standard InChI is InChI=1S/C16H27NO4/c1-4-6-8-12(3)21-13(5-2)11-15(18)17-10-7-9-14(17)16(19)20/h4,12-14H,1,5-11H2,2-3H3,(H,19,20)/t12-,13+,14+/m1/s1. The van der Waals surface area contributed by atoms with Crippen molar-refractivity contribution in [1.82, 2.24) is 4.90 Å². The van der Waals surface area contributed by atoms with E-state index in [2.05, 4.69) is 6.58 Å². The Bertz CT molecular complexity index is 369. The molecule has 0 bridgehead atoms. The number of hydrogen-bond donors (Lipinski definition) is 1. The van der Waals surface area contributed by atoms with Crippen molar-refractivity contribution in [2.24, 2.45) is 0 Å². The third-order valence-corrected chi connectivity index (χ3v) is 3.92. The summed E-state index contributed by atoms with van der Waals surface area (Å²) in [5, 5.41) is 9.13. The Labute approximate surface area is 127 Å². The van der Waals surface area contributed by atoms with E-state index < -0.39 is 12.0 Å². The van der Waals surface area contributed by atoms with E-state index in [-0.39, 0.29) is 24.5 Å². The Balaban J connectivity index is 2.50. The van der Waals surface area contributed by atoms with Crippen LogP contribution < -0.4 is 0 Å². The monoisotopic (exact) mass is 297 g/mol. The van der Waals surface area contributed by atoms with Crippen LogP contribution in [0.1, 0.15) is 52.4 Å². The fourth-order valence-electron chi connectivity index (χ4n) is 2.67. The minimum absolute atomic E-state index is 0.0783. The number of nitrogens with zero attached hydrogens (tertiary/aromatic N) is 1. The maximum absolute atomic E-state index is 12.3. The largest absolute Gasteiger partial charge is 0.480 e. The number of aliphatic carboxylic acids is 1. The summed E-state index contributed by atoms with van der Waals surface area (Å²) in [6, 6.07) is -0.659. The molecule has 1 N–H and O–H groups in total. The molecule has 0 saturated carbocycles. The molecule has 0 aromatic rings. The van der Waals surface area contributed by atoms with Crippen LogP contribution in [0.5, 0.6) is 0 Å². The lowest BCUT2D eigenvalue weighted by Gasteiger charge is -2.26. The van der Waals surface area contributed by atoms with Crippen LogP contribution in [0.3, 0.4) is 0 Å². The van der Waals surface area contributed by atoms with Gasteiger partial charge in [0.15, 0.2) is 0 Å². The van der Waals surface area contributed by atoms with Crippen molar-refractivity contribution in [2.45, 2.75) is 70.6 Å². The Kier molecular flexibility index (Phi) is 7.43. The average molecular weight is 297 g/mol. The number of carbonyl (C=O) groups excluding carboxylic acids is 1. The van der Waals surface area contributed by atoms with Crippen LogP contribution in [0.25, 0.3) is 0 Å². The van der Waals surface area contributed by atoms with Crippen molar-refractivity contribution >= 4 is 11.9 Å². The van der Waals surface area contributed by atoms with E-state index in [0.29, 0.717) is 13.0 Å². The molecule has 5 heteroatoms. The summed E-state index contributed by atoms with van der Waals surface area (Å²) in [6.07, 6.45) is 5.88. The van der Waals surface area contributed by atoms with Gasteiger partial charge in [0, 0.05) is 6.54 Å². The molecule has 0 unspecified atom stereocenters. The van der Waals surface area contributed by atoms with Gasteiger partial charge in [-0.15, -0.1) is 6.58 Å². The second kappa shape index (κ2) is 8.82. The molecule has 0 aliphatic carbocycles. The highest BCUT2D eigenvalue weighted by molar-refractivity contribution is 5.84. The summed E-state index contributed by atoms with van der Waals surface area (Å²) in [6.45, 7) is 8.20. The highest BCUT2D eigenvalue weighted by Crippen LogP contribution is 2.20. The topological polar surface area (TPSA) is 66.8 Å². The maximum atomic E-state index is 12.3. The molecule has 0 aromatic carbocycles. The number of rotatable bonds is 9. The van der Waals surface area contributed by atoms with E-state index in [4.69, 9.17) is 9.84 Å². The Hall–Kier alpha value is -1.36. The molecule has 0 spiro atoms. The Morgan fingerprint density at radius 2 is 2.24 bits per heavy atom. The Morgan fingerprint density at radius 1 is 1.52 bits per heavy atom. The fraction of sp³-hybridized carbons (Fsp3) is 0.750. The van der Waals surface area contributed by atoms with E-state index >= 15 is 0 Å². The van der Waals surface area contributed by atoms with Crippen molar-refractivity contribution in [2.75, 3.05) is 6.54 Å². The zero-order chi connectivity index (χ0) is 15.8. The van der Waals surface area contributed by atoms with Crippen molar-refractivity contribution in [3.05, 3.63) is 12.7 Å². The summed E-state index contributed by atoms with van der Waals surface area (Å²) in [5.74, 6) is -1.02. The highest BCUT2D eigenvalue weighted by Gasteiger charge is 2.34. The first-order valence-corrected chi connectivity index (χ1v) is 7.78. The first-order chi connectivity index (χ1) is 9.99. The maximum Gasteiger partial charge on any atom is 0.326 e. The van der Waals surface area contributed by atoms with Crippen molar-refractivity contribution in [3.63, 3.8) is 0 Å². The molecule has 120 valence electrons. The lowest BCUT2D eigenvalue weighted by Crippen LogP contribution is -2.42. The first kappa shape index (κ1) is 17.7. The van der Waals surface area contributed by atoms with E-state index in [1.54, 1.807) is 0 Å². The van der Waals surface area contributed by atoms with Gasteiger partial charge in [0.25, 0.3) is 0 Å².